The predicted molar refractivity (Wildman–Crippen MR) is 108 cm³/mol. The number of rotatable bonds is 3. The molecule has 1 atom stereocenters. The first-order chi connectivity index (χ1) is 13.1. The standard InChI is InChI=1S/C14H9F2N3OS.3C2H6/c15-11-3-1-10(2-4-11)14-9-19(18-17-14)21(20)13-7-5-12(16)6-8-13;3*1-2/h1-9H;3*1-2H3. The van der Waals surface area contributed by atoms with Crippen LogP contribution in [0.2, 0.25) is 0 Å². The Morgan fingerprint density at radius 3 is 1.70 bits per heavy atom. The molecule has 0 bridgehead atoms. The molecule has 148 valence electrons. The smallest absolute Gasteiger partial charge is 0.174 e. The molecule has 1 heterocycles. The van der Waals surface area contributed by atoms with Crippen LogP contribution in [-0.2, 0) is 11.0 Å². The van der Waals surface area contributed by atoms with Gasteiger partial charge in [-0.1, -0.05) is 46.8 Å². The van der Waals surface area contributed by atoms with Gasteiger partial charge in [-0.3, -0.25) is 0 Å². The van der Waals surface area contributed by atoms with Gasteiger partial charge in [0.15, 0.2) is 11.0 Å². The lowest BCUT2D eigenvalue weighted by Gasteiger charge is -2.00. The Bertz CT molecular complexity index is 788. The van der Waals surface area contributed by atoms with Crippen molar-refractivity contribution in [3.05, 3.63) is 66.4 Å². The van der Waals surface area contributed by atoms with Crippen LogP contribution >= 0.6 is 0 Å². The molecule has 0 saturated heterocycles. The summed E-state index contributed by atoms with van der Waals surface area (Å²) in [5.41, 5.74) is 1.14. The van der Waals surface area contributed by atoms with Crippen molar-refractivity contribution in [2.24, 2.45) is 0 Å². The maximum atomic E-state index is 12.9. The van der Waals surface area contributed by atoms with E-state index in [1.165, 1.54) is 46.7 Å². The topological polar surface area (TPSA) is 47.8 Å². The quantitative estimate of drug-likeness (QED) is 0.557. The van der Waals surface area contributed by atoms with Gasteiger partial charge in [0, 0.05) is 5.56 Å². The average Bonchev–Trinajstić information content (AvgIpc) is 3.23. The summed E-state index contributed by atoms with van der Waals surface area (Å²) < 4.78 is 39.1. The fourth-order valence-corrected chi connectivity index (χ4v) is 2.62. The van der Waals surface area contributed by atoms with Gasteiger partial charge in [0.05, 0.1) is 11.1 Å². The first-order valence-corrected chi connectivity index (χ1v) is 10.1. The molecule has 0 aliphatic rings. The van der Waals surface area contributed by atoms with Crippen LogP contribution in [0.25, 0.3) is 11.3 Å². The van der Waals surface area contributed by atoms with Crippen molar-refractivity contribution in [3.63, 3.8) is 0 Å². The molecule has 0 fully saturated rings. The van der Waals surface area contributed by atoms with Gasteiger partial charge in [0.2, 0.25) is 0 Å². The first-order valence-electron chi connectivity index (χ1n) is 8.99. The van der Waals surface area contributed by atoms with E-state index in [1.54, 1.807) is 12.1 Å². The summed E-state index contributed by atoms with van der Waals surface area (Å²) >= 11 is 0. The molecule has 7 heteroatoms. The zero-order chi connectivity index (χ0) is 20.8. The Morgan fingerprint density at radius 2 is 1.22 bits per heavy atom. The van der Waals surface area contributed by atoms with Crippen molar-refractivity contribution in [1.82, 2.24) is 14.4 Å². The highest BCUT2D eigenvalue weighted by atomic mass is 32.2. The van der Waals surface area contributed by atoms with Crippen molar-refractivity contribution in [2.45, 2.75) is 46.4 Å². The summed E-state index contributed by atoms with van der Waals surface area (Å²) in [6.45, 7) is 12.0. The summed E-state index contributed by atoms with van der Waals surface area (Å²) in [6.07, 6.45) is 1.49. The second-order valence-corrected chi connectivity index (χ2v) is 5.56. The predicted octanol–water partition coefficient (Wildman–Crippen LogP) is 5.87. The average molecular weight is 396 g/mol. The van der Waals surface area contributed by atoms with E-state index in [2.05, 4.69) is 10.3 Å². The van der Waals surface area contributed by atoms with Gasteiger partial charge in [0.25, 0.3) is 0 Å². The van der Waals surface area contributed by atoms with Crippen LogP contribution in [0.1, 0.15) is 41.5 Å². The molecule has 0 saturated carbocycles. The molecule has 3 aromatic rings. The monoisotopic (exact) mass is 395 g/mol. The molecule has 0 radical (unpaired) electrons. The third-order valence-electron chi connectivity index (χ3n) is 2.80. The summed E-state index contributed by atoms with van der Waals surface area (Å²) in [6, 6.07) is 11.0. The minimum absolute atomic E-state index is 0.346. The van der Waals surface area contributed by atoms with Crippen molar-refractivity contribution in [3.8, 4) is 11.3 Å². The molecule has 2 aromatic carbocycles. The van der Waals surface area contributed by atoms with Crippen molar-refractivity contribution < 1.29 is 13.0 Å². The van der Waals surface area contributed by atoms with E-state index in [9.17, 15) is 13.0 Å². The normalized spacial score (nSPS) is 10.2. The SMILES string of the molecule is CC.CC.CC.O=S(c1ccc(F)cc1)n1cc(-c2ccc(F)cc2)nn1. The number of hydrogen-bond acceptors (Lipinski definition) is 3. The fourth-order valence-electron chi connectivity index (χ4n) is 1.74. The van der Waals surface area contributed by atoms with Crippen LogP contribution in [0.5, 0.6) is 0 Å². The molecule has 1 unspecified atom stereocenters. The highest BCUT2D eigenvalue weighted by Gasteiger charge is 2.11. The van der Waals surface area contributed by atoms with E-state index in [4.69, 9.17) is 0 Å². The summed E-state index contributed by atoms with van der Waals surface area (Å²) in [5, 5.41) is 7.70. The molecular weight excluding hydrogens is 368 g/mol. The minimum atomic E-state index is -1.61. The van der Waals surface area contributed by atoms with Gasteiger partial charge < -0.3 is 0 Å². The van der Waals surface area contributed by atoms with Crippen LogP contribution in [0, 0.1) is 11.6 Å². The van der Waals surface area contributed by atoms with Gasteiger partial charge in [-0.15, -0.1) is 5.10 Å². The molecule has 27 heavy (non-hydrogen) atoms. The first kappa shape index (κ1) is 24.6. The Hall–Kier alpha value is -2.41. The van der Waals surface area contributed by atoms with Crippen LogP contribution < -0.4 is 0 Å². The maximum Gasteiger partial charge on any atom is 0.174 e. The Labute approximate surface area is 162 Å². The number of hydrogen-bond donors (Lipinski definition) is 0. The molecule has 0 aliphatic heterocycles. The molecule has 1 aromatic heterocycles. The van der Waals surface area contributed by atoms with Crippen LogP contribution in [0.15, 0.2) is 59.6 Å². The number of nitrogens with zero attached hydrogens (tertiary/aromatic N) is 3. The van der Waals surface area contributed by atoms with Crippen molar-refractivity contribution in [2.75, 3.05) is 0 Å². The Kier molecular flexibility index (Phi) is 12.5. The number of halogens is 2. The zero-order valence-corrected chi connectivity index (χ0v) is 17.4. The van der Waals surface area contributed by atoms with Gasteiger partial charge in [-0.05, 0) is 48.5 Å². The molecule has 3 rings (SSSR count). The highest BCUT2D eigenvalue weighted by Crippen LogP contribution is 2.18. The Balaban J connectivity index is 0.00000103. The molecule has 0 N–H and O–H groups in total. The molecule has 0 spiro atoms. The number of benzene rings is 2. The van der Waals surface area contributed by atoms with E-state index in [-0.39, 0.29) is 5.82 Å². The lowest BCUT2D eigenvalue weighted by atomic mass is 10.2. The molecule has 0 amide bonds. The summed E-state index contributed by atoms with van der Waals surface area (Å²) in [4.78, 5) is 0.409. The highest BCUT2D eigenvalue weighted by molar-refractivity contribution is 7.83. The summed E-state index contributed by atoms with van der Waals surface area (Å²) in [5.74, 6) is -0.748. The maximum absolute atomic E-state index is 12.9. The number of aromatic nitrogens is 3. The van der Waals surface area contributed by atoms with E-state index in [0.29, 0.717) is 16.2 Å². The van der Waals surface area contributed by atoms with E-state index < -0.39 is 16.8 Å². The molecule has 4 nitrogen and oxygen atoms in total. The van der Waals surface area contributed by atoms with E-state index in [1.807, 2.05) is 41.5 Å². The second-order valence-electron chi connectivity index (χ2n) is 4.22. The van der Waals surface area contributed by atoms with Crippen molar-refractivity contribution >= 4 is 11.0 Å². The van der Waals surface area contributed by atoms with Gasteiger partial charge >= 0.3 is 0 Å². The van der Waals surface area contributed by atoms with Crippen molar-refractivity contribution in [1.29, 1.82) is 0 Å². The summed E-state index contributed by atoms with van der Waals surface area (Å²) in [7, 11) is -1.61. The van der Waals surface area contributed by atoms with Gasteiger partial charge in [0.1, 0.15) is 17.3 Å². The Morgan fingerprint density at radius 1 is 0.778 bits per heavy atom. The van der Waals surface area contributed by atoms with Crippen LogP contribution in [-0.4, -0.2) is 18.6 Å². The minimum Gasteiger partial charge on any atom is -0.229 e. The van der Waals surface area contributed by atoms with E-state index in [0.717, 1.165) is 0 Å². The van der Waals surface area contributed by atoms with Crippen LogP contribution in [0.3, 0.4) is 0 Å². The zero-order valence-electron chi connectivity index (χ0n) is 16.6. The molecule has 0 aliphatic carbocycles. The third kappa shape index (κ3) is 7.38. The van der Waals surface area contributed by atoms with Gasteiger partial charge in [-0.2, -0.15) is 4.09 Å². The second kappa shape index (κ2) is 13.7. The van der Waals surface area contributed by atoms with Crippen LogP contribution in [0.4, 0.5) is 8.78 Å². The fraction of sp³-hybridized carbons (Fsp3) is 0.300. The van der Waals surface area contributed by atoms with E-state index >= 15 is 0 Å². The lowest BCUT2D eigenvalue weighted by Crippen LogP contribution is -2.05. The molecular formula is C20H27F2N3OS. The third-order valence-corrected chi connectivity index (χ3v) is 3.99. The lowest BCUT2D eigenvalue weighted by molar-refractivity contribution is 0.625. The van der Waals surface area contributed by atoms with Gasteiger partial charge in [-0.25, -0.2) is 13.0 Å². The largest absolute Gasteiger partial charge is 0.229 e.